The Balaban J connectivity index is 2.53. The van der Waals surface area contributed by atoms with Crippen LogP contribution >= 0.6 is 0 Å². The lowest BCUT2D eigenvalue weighted by molar-refractivity contribution is -0.169. The largest absolute Gasteiger partial charge is 0.508 e. The second-order valence-corrected chi connectivity index (χ2v) is 5.89. The molecular formula is C16H18F3NO4. The molecule has 1 amide bonds. The number of hydrogen-bond acceptors (Lipinski definition) is 3. The Bertz CT molecular complexity index is 645. The van der Waals surface area contributed by atoms with Crippen molar-refractivity contribution in [1.29, 1.82) is 0 Å². The summed E-state index contributed by atoms with van der Waals surface area (Å²) in [6, 6.07) is 3.41. The first kappa shape index (κ1) is 18.1. The lowest BCUT2D eigenvalue weighted by Crippen LogP contribution is -2.43. The highest BCUT2D eigenvalue weighted by Gasteiger charge is 2.42. The number of alkyl halides is 3. The van der Waals surface area contributed by atoms with Crippen molar-refractivity contribution in [2.24, 2.45) is 5.92 Å². The van der Waals surface area contributed by atoms with E-state index < -0.39 is 43.0 Å². The molecule has 132 valence electrons. The Morgan fingerprint density at radius 2 is 2.04 bits per heavy atom. The third-order valence-electron chi connectivity index (χ3n) is 4.12. The minimum atomic E-state index is -4.60. The van der Waals surface area contributed by atoms with Gasteiger partial charge >= 0.3 is 12.1 Å². The van der Waals surface area contributed by atoms with Gasteiger partial charge in [0.1, 0.15) is 12.3 Å². The number of phenols is 1. The molecule has 2 N–H and O–H groups in total. The highest BCUT2D eigenvalue weighted by atomic mass is 19.4. The molecule has 1 aromatic carbocycles. The molecule has 24 heavy (non-hydrogen) atoms. The fourth-order valence-corrected chi connectivity index (χ4v) is 3.18. The number of amides is 1. The molecule has 0 bridgehead atoms. The summed E-state index contributed by atoms with van der Waals surface area (Å²) in [6.45, 7) is 0.197. The number of rotatable bonds is 4. The van der Waals surface area contributed by atoms with Crippen molar-refractivity contribution in [2.75, 3.05) is 6.54 Å². The van der Waals surface area contributed by atoms with Crippen LogP contribution in [0.4, 0.5) is 13.2 Å². The number of hydrogen-bond donors (Lipinski definition) is 2. The van der Waals surface area contributed by atoms with E-state index in [4.69, 9.17) is 5.11 Å². The fourth-order valence-electron chi connectivity index (χ4n) is 3.18. The first-order valence-electron chi connectivity index (χ1n) is 7.53. The fraction of sp³-hybridized carbons (Fsp3) is 0.500. The summed E-state index contributed by atoms with van der Waals surface area (Å²) in [6.07, 6.45) is -4.88. The molecule has 0 fully saturated rings. The van der Waals surface area contributed by atoms with Gasteiger partial charge in [-0.25, -0.2) is 0 Å². The number of carbonyl (C=O) groups excluding carboxylic acids is 1. The first-order valence-corrected chi connectivity index (χ1v) is 7.53. The predicted octanol–water partition coefficient (Wildman–Crippen LogP) is 2.88. The van der Waals surface area contributed by atoms with Crippen LogP contribution in [0.25, 0.3) is 0 Å². The molecular weight excluding hydrogens is 327 g/mol. The maximum atomic E-state index is 12.9. The molecule has 0 radical (unpaired) electrons. The molecule has 2 rings (SSSR count). The molecule has 0 aromatic heterocycles. The van der Waals surface area contributed by atoms with Crippen molar-refractivity contribution >= 4 is 11.9 Å². The Morgan fingerprint density at radius 1 is 1.38 bits per heavy atom. The minimum absolute atomic E-state index is 0.0333. The van der Waals surface area contributed by atoms with Gasteiger partial charge in [0.05, 0.1) is 18.4 Å². The van der Waals surface area contributed by atoms with E-state index in [0.29, 0.717) is 16.0 Å². The number of aliphatic carboxylic acids is 1. The number of fused-ring (bicyclic) bond motifs is 1. The second kappa shape index (κ2) is 6.70. The van der Waals surface area contributed by atoms with Gasteiger partial charge in [-0.15, -0.1) is 0 Å². The molecule has 1 aromatic rings. The standard InChI is InChI=1S/C16H18F3NO4/c1-2-13-12-7-11(21)4-3-9(12)5-10(6-14(22)23)15(24)20(13)8-16(17,18)19/h3-4,7,10,13,21H,2,5-6,8H2,1H3,(H,22,23). The van der Waals surface area contributed by atoms with Gasteiger partial charge in [-0.3, -0.25) is 9.59 Å². The van der Waals surface area contributed by atoms with Crippen molar-refractivity contribution in [3.05, 3.63) is 29.3 Å². The van der Waals surface area contributed by atoms with Crippen LogP contribution in [0, 0.1) is 5.92 Å². The molecule has 0 saturated heterocycles. The van der Waals surface area contributed by atoms with Gasteiger partial charge in [-0.05, 0) is 36.1 Å². The SMILES string of the molecule is CCC1c2cc(O)ccc2CC(CC(=O)O)C(=O)N1CC(F)(F)F. The second-order valence-electron chi connectivity index (χ2n) is 5.89. The van der Waals surface area contributed by atoms with E-state index in [-0.39, 0.29) is 18.6 Å². The van der Waals surface area contributed by atoms with Crippen molar-refractivity contribution < 1.29 is 33.0 Å². The summed E-state index contributed by atoms with van der Waals surface area (Å²) >= 11 is 0. The Hall–Kier alpha value is -2.25. The zero-order valence-corrected chi connectivity index (χ0v) is 13.0. The summed E-state index contributed by atoms with van der Waals surface area (Å²) in [5, 5.41) is 18.6. The topological polar surface area (TPSA) is 77.8 Å². The lowest BCUT2D eigenvalue weighted by atomic mass is 9.92. The number of phenolic OH excluding ortho intramolecular Hbond substituents is 1. The molecule has 5 nitrogen and oxygen atoms in total. The van der Waals surface area contributed by atoms with E-state index in [1.54, 1.807) is 6.92 Å². The van der Waals surface area contributed by atoms with E-state index in [1.807, 2.05) is 0 Å². The van der Waals surface area contributed by atoms with Crippen LogP contribution in [-0.4, -0.2) is 39.7 Å². The molecule has 1 heterocycles. The third-order valence-corrected chi connectivity index (χ3v) is 4.12. The van der Waals surface area contributed by atoms with Crippen LogP contribution in [0.1, 0.15) is 36.9 Å². The van der Waals surface area contributed by atoms with Crippen LogP contribution in [0.15, 0.2) is 18.2 Å². The number of benzene rings is 1. The van der Waals surface area contributed by atoms with E-state index in [1.165, 1.54) is 18.2 Å². The van der Waals surface area contributed by atoms with Gasteiger partial charge in [0.15, 0.2) is 0 Å². The Labute approximate surface area is 136 Å². The third kappa shape index (κ3) is 3.98. The van der Waals surface area contributed by atoms with Crippen molar-refractivity contribution in [2.45, 2.75) is 38.4 Å². The monoisotopic (exact) mass is 345 g/mol. The Kier molecular flexibility index (Phi) is 5.05. The molecule has 0 spiro atoms. The van der Waals surface area contributed by atoms with Crippen LogP contribution in [-0.2, 0) is 16.0 Å². The molecule has 1 aliphatic rings. The zero-order valence-electron chi connectivity index (χ0n) is 13.0. The summed E-state index contributed by atoms with van der Waals surface area (Å²) in [7, 11) is 0. The zero-order chi connectivity index (χ0) is 18.1. The van der Waals surface area contributed by atoms with Crippen LogP contribution in [0.2, 0.25) is 0 Å². The average Bonchev–Trinajstić information content (AvgIpc) is 2.54. The molecule has 8 heteroatoms. The molecule has 0 saturated carbocycles. The average molecular weight is 345 g/mol. The molecule has 1 aliphatic heterocycles. The number of carboxylic acid groups (broad SMARTS) is 1. The first-order chi connectivity index (χ1) is 11.1. The smallest absolute Gasteiger partial charge is 0.406 e. The van der Waals surface area contributed by atoms with Crippen LogP contribution < -0.4 is 0 Å². The number of nitrogens with zero attached hydrogens (tertiary/aromatic N) is 1. The van der Waals surface area contributed by atoms with E-state index in [0.717, 1.165) is 0 Å². The maximum Gasteiger partial charge on any atom is 0.406 e. The number of halogens is 3. The normalized spacial score (nSPS) is 21.3. The van der Waals surface area contributed by atoms with Gasteiger partial charge < -0.3 is 15.1 Å². The number of aromatic hydroxyl groups is 1. The number of carbonyl (C=O) groups is 2. The quantitative estimate of drug-likeness (QED) is 0.880. The maximum absolute atomic E-state index is 12.9. The Morgan fingerprint density at radius 3 is 2.58 bits per heavy atom. The summed E-state index contributed by atoms with van der Waals surface area (Å²) in [5.74, 6) is -3.24. The van der Waals surface area contributed by atoms with Crippen molar-refractivity contribution in [1.82, 2.24) is 4.90 Å². The van der Waals surface area contributed by atoms with E-state index in [2.05, 4.69) is 0 Å². The van der Waals surface area contributed by atoms with E-state index >= 15 is 0 Å². The van der Waals surface area contributed by atoms with Gasteiger partial charge in [-0.1, -0.05) is 13.0 Å². The summed E-state index contributed by atoms with van der Waals surface area (Å²) in [4.78, 5) is 24.3. The van der Waals surface area contributed by atoms with Gasteiger partial charge in [0, 0.05) is 0 Å². The van der Waals surface area contributed by atoms with Gasteiger partial charge in [-0.2, -0.15) is 13.2 Å². The van der Waals surface area contributed by atoms with Crippen LogP contribution in [0.3, 0.4) is 0 Å². The highest BCUT2D eigenvalue weighted by molar-refractivity contribution is 5.84. The van der Waals surface area contributed by atoms with Crippen molar-refractivity contribution in [3.63, 3.8) is 0 Å². The summed E-state index contributed by atoms with van der Waals surface area (Å²) in [5.41, 5.74) is 1.02. The summed E-state index contributed by atoms with van der Waals surface area (Å²) < 4.78 is 38.8. The minimum Gasteiger partial charge on any atom is -0.508 e. The van der Waals surface area contributed by atoms with Crippen molar-refractivity contribution in [3.8, 4) is 5.75 Å². The lowest BCUT2D eigenvalue weighted by Gasteiger charge is -2.32. The van der Waals surface area contributed by atoms with Gasteiger partial charge in [0.25, 0.3) is 0 Å². The highest BCUT2D eigenvalue weighted by Crippen LogP contribution is 2.38. The molecule has 2 unspecified atom stereocenters. The van der Waals surface area contributed by atoms with E-state index in [9.17, 15) is 27.9 Å². The predicted molar refractivity (Wildman–Crippen MR) is 78.4 cm³/mol. The van der Waals surface area contributed by atoms with Crippen LogP contribution in [0.5, 0.6) is 5.75 Å². The molecule has 2 atom stereocenters. The molecule has 0 aliphatic carbocycles. The number of carboxylic acids is 1. The van der Waals surface area contributed by atoms with Gasteiger partial charge in [0.2, 0.25) is 5.91 Å².